The van der Waals surface area contributed by atoms with Gasteiger partial charge in [0, 0.05) is 6.54 Å². The summed E-state index contributed by atoms with van der Waals surface area (Å²) in [5, 5.41) is 3.08. The lowest BCUT2D eigenvalue weighted by Gasteiger charge is -2.14. The number of hydrogen-bond donors (Lipinski definition) is 1. The second kappa shape index (κ2) is 6.47. The van der Waals surface area contributed by atoms with Crippen LogP contribution < -0.4 is 5.32 Å². The van der Waals surface area contributed by atoms with Gasteiger partial charge in [-0.3, -0.25) is 0 Å². The van der Waals surface area contributed by atoms with Crippen LogP contribution in [0.5, 0.6) is 0 Å². The van der Waals surface area contributed by atoms with E-state index in [9.17, 15) is 8.78 Å². The van der Waals surface area contributed by atoms with Gasteiger partial charge in [-0.25, -0.2) is 18.7 Å². The third kappa shape index (κ3) is 3.20. The summed E-state index contributed by atoms with van der Waals surface area (Å²) in [6, 6.07) is 2.55. The highest BCUT2D eigenvalue weighted by Crippen LogP contribution is 2.33. The second-order valence-electron chi connectivity index (χ2n) is 4.74. The van der Waals surface area contributed by atoms with Crippen LogP contribution in [0.3, 0.4) is 0 Å². The van der Waals surface area contributed by atoms with E-state index in [1.165, 1.54) is 12.1 Å². The number of halogens is 3. The quantitative estimate of drug-likeness (QED) is 0.813. The maximum absolute atomic E-state index is 14.3. The van der Waals surface area contributed by atoms with E-state index in [1.807, 2.05) is 13.8 Å². The van der Waals surface area contributed by atoms with Gasteiger partial charge in [-0.2, -0.15) is 0 Å². The number of aryl methyl sites for hydroxylation is 2. The van der Waals surface area contributed by atoms with Crippen LogP contribution in [-0.4, -0.2) is 16.5 Å². The van der Waals surface area contributed by atoms with Gasteiger partial charge in [-0.15, -0.1) is 0 Å². The van der Waals surface area contributed by atoms with Crippen LogP contribution in [0.1, 0.15) is 24.7 Å². The molecule has 6 heteroatoms. The molecule has 1 N–H and O–H groups in total. The summed E-state index contributed by atoms with van der Waals surface area (Å²) >= 11 is 3.08. The molecule has 2 rings (SSSR count). The van der Waals surface area contributed by atoms with Crippen LogP contribution in [0.25, 0.3) is 11.3 Å². The first-order valence-electron chi connectivity index (χ1n) is 6.68. The molecule has 0 atom stereocenters. The Balaban J connectivity index is 2.67. The van der Waals surface area contributed by atoms with Crippen molar-refractivity contribution in [3.05, 3.63) is 39.6 Å². The standard InChI is InChI=1S/C15H16BrF2N3/c1-4-7-19-15-14(20-8(2)9(3)21-15)12-11(17)6-5-10(16)13(12)18/h5-6H,4,7H2,1-3H3,(H,19,21). The SMILES string of the molecule is CCCNc1nc(C)c(C)nc1-c1c(F)ccc(Br)c1F. The van der Waals surface area contributed by atoms with E-state index in [2.05, 4.69) is 31.2 Å². The van der Waals surface area contributed by atoms with Crippen LogP contribution in [0.2, 0.25) is 0 Å². The highest BCUT2D eigenvalue weighted by atomic mass is 79.9. The van der Waals surface area contributed by atoms with Crippen molar-refractivity contribution in [2.45, 2.75) is 27.2 Å². The lowest BCUT2D eigenvalue weighted by atomic mass is 10.1. The maximum Gasteiger partial charge on any atom is 0.153 e. The molecule has 0 amide bonds. The molecule has 3 nitrogen and oxygen atoms in total. The van der Waals surface area contributed by atoms with E-state index in [4.69, 9.17) is 0 Å². The minimum absolute atomic E-state index is 0.168. The summed E-state index contributed by atoms with van der Waals surface area (Å²) in [6.07, 6.45) is 0.873. The molecule has 1 heterocycles. The van der Waals surface area contributed by atoms with Gasteiger partial charge in [-0.1, -0.05) is 6.92 Å². The number of benzene rings is 1. The van der Waals surface area contributed by atoms with E-state index in [0.29, 0.717) is 18.1 Å². The molecule has 0 radical (unpaired) electrons. The zero-order valence-electron chi connectivity index (χ0n) is 12.1. The first kappa shape index (κ1) is 15.8. The van der Waals surface area contributed by atoms with Gasteiger partial charge in [0.25, 0.3) is 0 Å². The second-order valence-corrected chi connectivity index (χ2v) is 5.59. The van der Waals surface area contributed by atoms with Crippen molar-refractivity contribution in [3.63, 3.8) is 0 Å². The normalized spacial score (nSPS) is 10.8. The number of rotatable bonds is 4. The van der Waals surface area contributed by atoms with E-state index in [1.54, 1.807) is 6.92 Å². The van der Waals surface area contributed by atoms with Crippen molar-refractivity contribution in [2.24, 2.45) is 0 Å². The summed E-state index contributed by atoms with van der Waals surface area (Å²) in [6.45, 7) is 6.24. The summed E-state index contributed by atoms with van der Waals surface area (Å²) in [5.74, 6) is -0.934. The molecule has 0 fully saturated rings. The van der Waals surface area contributed by atoms with Crippen LogP contribution in [-0.2, 0) is 0 Å². The molecular weight excluding hydrogens is 340 g/mol. The Morgan fingerprint density at radius 2 is 1.81 bits per heavy atom. The predicted octanol–water partition coefficient (Wildman–Crippen LogP) is 4.62. The van der Waals surface area contributed by atoms with Crippen molar-refractivity contribution in [2.75, 3.05) is 11.9 Å². The molecule has 1 aromatic carbocycles. The number of nitrogens with one attached hydrogen (secondary N) is 1. The Bertz CT molecular complexity index is 674. The largest absolute Gasteiger partial charge is 0.368 e. The summed E-state index contributed by atoms with van der Waals surface area (Å²) in [7, 11) is 0. The Kier molecular flexibility index (Phi) is 4.88. The zero-order valence-corrected chi connectivity index (χ0v) is 13.7. The van der Waals surface area contributed by atoms with Crippen molar-refractivity contribution in [1.82, 2.24) is 9.97 Å². The Morgan fingerprint density at radius 1 is 1.14 bits per heavy atom. The monoisotopic (exact) mass is 355 g/mol. The van der Waals surface area contributed by atoms with Crippen molar-refractivity contribution in [1.29, 1.82) is 0 Å². The molecule has 0 saturated carbocycles. The average Bonchev–Trinajstić information content (AvgIpc) is 2.45. The molecular formula is C15H16BrF2N3. The zero-order chi connectivity index (χ0) is 15.6. The van der Waals surface area contributed by atoms with Gasteiger partial charge in [0.1, 0.15) is 17.3 Å². The average molecular weight is 356 g/mol. The Morgan fingerprint density at radius 3 is 2.48 bits per heavy atom. The predicted molar refractivity (Wildman–Crippen MR) is 83.3 cm³/mol. The topological polar surface area (TPSA) is 37.8 Å². The Labute approximate surface area is 131 Å². The molecule has 1 aromatic heterocycles. The Hall–Kier alpha value is -1.56. The van der Waals surface area contributed by atoms with E-state index < -0.39 is 11.6 Å². The highest BCUT2D eigenvalue weighted by molar-refractivity contribution is 9.10. The smallest absolute Gasteiger partial charge is 0.153 e. The van der Waals surface area contributed by atoms with Crippen molar-refractivity contribution < 1.29 is 8.78 Å². The summed E-state index contributed by atoms with van der Waals surface area (Å²) < 4.78 is 28.6. The number of nitrogens with zero attached hydrogens (tertiary/aromatic N) is 2. The fourth-order valence-corrected chi connectivity index (χ4v) is 2.22. The van der Waals surface area contributed by atoms with Crippen molar-refractivity contribution >= 4 is 21.7 Å². The highest BCUT2D eigenvalue weighted by Gasteiger charge is 2.20. The van der Waals surface area contributed by atoms with E-state index in [0.717, 1.165) is 12.1 Å². The summed E-state index contributed by atoms with van der Waals surface area (Å²) in [4.78, 5) is 8.71. The molecule has 0 saturated heterocycles. The van der Waals surface area contributed by atoms with Gasteiger partial charge in [0.15, 0.2) is 5.82 Å². The molecule has 0 spiro atoms. The summed E-state index contributed by atoms with van der Waals surface area (Å²) in [5.41, 5.74) is 1.40. The minimum Gasteiger partial charge on any atom is -0.368 e. The molecule has 0 bridgehead atoms. The van der Waals surface area contributed by atoms with Gasteiger partial charge in [-0.05, 0) is 48.3 Å². The van der Waals surface area contributed by atoms with Gasteiger partial charge >= 0.3 is 0 Å². The lowest BCUT2D eigenvalue weighted by molar-refractivity contribution is 0.584. The number of aromatic nitrogens is 2. The van der Waals surface area contributed by atoms with Crippen LogP contribution >= 0.6 is 15.9 Å². The fourth-order valence-electron chi connectivity index (χ4n) is 1.89. The van der Waals surface area contributed by atoms with Gasteiger partial charge in [0.2, 0.25) is 0 Å². The maximum atomic E-state index is 14.3. The van der Waals surface area contributed by atoms with Crippen LogP contribution in [0.15, 0.2) is 16.6 Å². The third-order valence-corrected chi connectivity index (χ3v) is 3.74. The fraction of sp³-hybridized carbons (Fsp3) is 0.333. The van der Waals surface area contributed by atoms with Crippen molar-refractivity contribution in [3.8, 4) is 11.3 Å². The third-order valence-electron chi connectivity index (χ3n) is 3.13. The van der Waals surface area contributed by atoms with E-state index in [-0.39, 0.29) is 15.7 Å². The molecule has 21 heavy (non-hydrogen) atoms. The number of anilines is 1. The molecule has 2 aromatic rings. The molecule has 0 unspecified atom stereocenters. The van der Waals surface area contributed by atoms with Crippen LogP contribution in [0.4, 0.5) is 14.6 Å². The molecule has 0 aliphatic carbocycles. The van der Waals surface area contributed by atoms with Gasteiger partial charge in [0.05, 0.1) is 21.4 Å². The first-order chi connectivity index (χ1) is 9.95. The molecule has 112 valence electrons. The molecule has 0 aliphatic rings. The number of hydrogen-bond acceptors (Lipinski definition) is 3. The molecule has 0 aliphatic heterocycles. The van der Waals surface area contributed by atoms with E-state index >= 15 is 0 Å². The minimum atomic E-state index is -0.674. The first-order valence-corrected chi connectivity index (χ1v) is 7.48. The lowest BCUT2D eigenvalue weighted by Crippen LogP contribution is -2.09. The van der Waals surface area contributed by atoms with Crippen LogP contribution in [0, 0.1) is 25.5 Å². The van der Waals surface area contributed by atoms with Gasteiger partial charge < -0.3 is 5.32 Å².